The molecule has 2 aromatic carbocycles. The maximum absolute atomic E-state index is 12.8. The van der Waals surface area contributed by atoms with Crippen molar-refractivity contribution >= 4 is 17.4 Å². The number of aromatic nitrogens is 2. The van der Waals surface area contributed by atoms with Crippen molar-refractivity contribution in [1.82, 2.24) is 9.97 Å². The van der Waals surface area contributed by atoms with Crippen LogP contribution in [0.2, 0.25) is 0 Å². The predicted molar refractivity (Wildman–Crippen MR) is 113 cm³/mol. The maximum atomic E-state index is 12.8. The molecule has 1 saturated heterocycles. The van der Waals surface area contributed by atoms with Crippen LogP contribution in [0, 0.1) is 13.8 Å². The lowest BCUT2D eigenvalue weighted by molar-refractivity contribution is 0.102. The Morgan fingerprint density at radius 3 is 2.61 bits per heavy atom. The van der Waals surface area contributed by atoms with E-state index in [-0.39, 0.29) is 5.91 Å². The van der Waals surface area contributed by atoms with Crippen molar-refractivity contribution in [3.05, 3.63) is 71.5 Å². The normalized spacial score (nSPS) is 13.6. The highest BCUT2D eigenvalue weighted by Gasteiger charge is 2.19. The lowest BCUT2D eigenvalue weighted by atomic mass is 10.1. The number of hydrogen-bond donors (Lipinski definition) is 1. The van der Waals surface area contributed by atoms with Gasteiger partial charge in [-0.15, -0.1) is 0 Å². The number of aryl methyl sites for hydroxylation is 2. The first-order valence-corrected chi connectivity index (χ1v) is 9.67. The fourth-order valence-electron chi connectivity index (χ4n) is 3.57. The molecule has 1 aromatic heterocycles. The molecule has 0 unspecified atom stereocenters. The lowest BCUT2D eigenvalue weighted by Crippen LogP contribution is -2.20. The van der Waals surface area contributed by atoms with E-state index in [9.17, 15) is 4.79 Å². The zero-order valence-electron chi connectivity index (χ0n) is 16.3. The van der Waals surface area contributed by atoms with E-state index in [1.165, 1.54) is 12.8 Å². The Balaban J connectivity index is 1.63. The minimum atomic E-state index is -0.123. The summed E-state index contributed by atoms with van der Waals surface area (Å²) in [5, 5.41) is 3.03. The summed E-state index contributed by atoms with van der Waals surface area (Å²) in [4.78, 5) is 24.2. The maximum Gasteiger partial charge on any atom is 0.255 e. The van der Waals surface area contributed by atoms with E-state index in [1.807, 2.05) is 56.3 Å². The van der Waals surface area contributed by atoms with Gasteiger partial charge in [0, 0.05) is 42.3 Å². The van der Waals surface area contributed by atoms with E-state index in [1.54, 1.807) is 12.4 Å². The molecule has 2 heterocycles. The third-order valence-electron chi connectivity index (χ3n) is 5.12. The van der Waals surface area contributed by atoms with Crippen LogP contribution in [0.3, 0.4) is 0 Å². The van der Waals surface area contributed by atoms with Gasteiger partial charge in [0.05, 0.1) is 0 Å². The number of amides is 1. The molecule has 142 valence electrons. The molecule has 0 radical (unpaired) electrons. The van der Waals surface area contributed by atoms with Gasteiger partial charge in [-0.05, 0) is 56.0 Å². The zero-order chi connectivity index (χ0) is 19.5. The molecule has 0 saturated carbocycles. The van der Waals surface area contributed by atoms with Gasteiger partial charge in [0.25, 0.3) is 5.91 Å². The van der Waals surface area contributed by atoms with Crippen LogP contribution in [0.4, 0.5) is 11.5 Å². The van der Waals surface area contributed by atoms with E-state index >= 15 is 0 Å². The summed E-state index contributed by atoms with van der Waals surface area (Å²) in [6.45, 7) is 6.01. The number of nitrogens with zero attached hydrogens (tertiary/aromatic N) is 3. The SMILES string of the molecule is Cc1ccc(C)c(NC(=O)c2cccc(-c3nccnc3N3CCCC3)c2)c1. The number of carbonyl (C=O) groups is 1. The average molecular weight is 372 g/mol. The van der Waals surface area contributed by atoms with Gasteiger partial charge in [-0.25, -0.2) is 4.98 Å². The molecule has 0 bridgehead atoms. The molecular formula is C23H24N4O. The van der Waals surface area contributed by atoms with Crippen LogP contribution in [-0.2, 0) is 0 Å². The highest BCUT2D eigenvalue weighted by atomic mass is 16.1. The molecule has 3 aromatic rings. The predicted octanol–water partition coefficient (Wildman–Crippen LogP) is 4.61. The zero-order valence-corrected chi connectivity index (χ0v) is 16.3. The van der Waals surface area contributed by atoms with Gasteiger partial charge in [0.15, 0.2) is 5.82 Å². The summed E-state index contributed by atoms with van der Waals surface area (Å²) >= 11 is 0. The highest BCUT2D eigenvalue weighted by molar-refractivity contribution is 6.05. The second kappa shape index (κ2) is 7.80. The Bertz CT molecular complexity index is 1010. The van der Waals surface area contributed by atoms with E-state index in [0.717, 1.165) is 47.0 Å². The second-order valence-electron chi connectivity index (χ2n) is 7.28. The van der Waals surface area contributed by atoms with Gasteiger partial charge in [-0.3, -0.25) is 9.78 Å². The summed E-state index contributed by atoms with van der Waals surface area (Å²) in [5.41, 5.74) is 5.34. The van der Waals surface area contributed by atoms with Crippen molar-refractivity contribution in [3.8, 4) is 11.3 Å². The minimum Gasteiger partial charge on any atom is -0.355 e. The van der Waals surface area contributed by atoms with Crippen molar-refractivity contribution in [2.24, 2.45) is 0 Å². The molecule has 1 N–H and O–H groups in total. The van der Waals surface area contributed by atoms with Gasteiger partial charge in [-0.1, -0.05) is 24.3 Å². The number of rotatable bonds is 4. The van der Waals surface area contributed by atoms with Gasteiger partial charge in [0.1, 0.15) is 5.69 Å². The van der Waals surface area contributed by atoms with Gasteiger partial charge in [-0.2, -0.15) is 0 Å². The topological polar surface area (TPSA) is 58.1 Å². The van der Waals surface area contributed by atoms with Crippen LogP contribution in [0.25, 0.3) is 11.3 Å². The van der Waals surface area contributed by atoms with Crippen LogP contribution in [0.1, 0.15) is 34.3 Å². The van der Waals surface area contributed by atoms with Crippen LogP contribution in [-0.4, -0.2) is 29.0 Å². The fraction of sp³-hybridized carbons (Fsp3) is 0.261. The quantitative estimate of drug-likeness (QED) is 0.726. The summed E-state index contributed by atoms with van der Waals surface area (Å²) in [6, 6.07) is 13.7. The third-order valence-corrected chi connectivity index (χ3v) is 5.12. The number of carbonyl (C=O) groups excluding carboxylic acids is 1. The third kappa shape index (κ3) is 3.74. The van der Waals surface area contributed by atoms with Crippen LogP contribution < -0.4 is 10.2 Å². The molecule has 5 heteroatoms. The molecule has 28 heavy (non-hydrogen) atoms. The standard InChI is InChI=1S/C23H24N4O/c1-16-8-9-17(2)20(14-16)26-23(28)19-7-5-6-18(15-19)21-22(25-11-10-24-21)27-12-3-4-13-27/h5-11,14-15H,3-4,12-13H2,1-2H3,(H,26,28). The summed E-state index contributed by atoms with van der Waals surface area (Å²) in [7, 11) is 0. The monoisotopic (exact) mass is 372 g/mol. The van der Waals surface area contributed by atoms with Crippen molar-refractivity contribution in [3.63, 3.8) is 0 Å². The largest absolute Gasteiger partial charge is 0.355 e. The first-order valence-electron chi connectivity index (χ1n) is 9.67. The Morgan fingerprint density at radius 1 is 1.00 bits per heavy atom. The summed E-state index contributed by atoms with van der Waals surface area (Å²) in [6.07, 6.45) is 5.79. The smallest absolute Gasteiger partial charge is 0.255 e. The second-order valence-corrected chi connectivity index (χ2v) is 7.28. The van der Waals surface area contributed by atoms with E-state index in [4.69, 9.17) is 0 Å². The molecule has 0 atom stereocenters. The van der Waals surface area contributed by atoms with Crippen LogP contribution in [0.15, 0.2) is 54.9 Å². The number of nitrogens with one attached hydrogen (secondary N) is 1. The minimum absolute atomic E-state index is 0.123. The van der Waals surface area contributed by atoms with Crippen molar-refractivity contribution in [1.29, 1.82) is 0 Å². The van der Waals surface area contributed by atoms with Crippen LogP contribution in [0.5, 0.6) is 0 Å². The molecule has 1 fully saturated rings. The Hall–Kier alpha value is -3.21. The number of hydrogen-bond acceptors (Lipinski definition) is 4. The van der Waals surface area contributed by atoms with Gasteiger partial charge >= 0.3 is 0 Å². The van der Waals surface area contributed by atoms with Gasteiger partial charge < -0.3 is 10.2 Å². The summed E-state index contributed by atoms with van der Waals surface area (Å²) in [5.74, 6) is 0.772. The Morgan fingerprint density at radius 2 is 1.79 bits per heavy atom. The van der Waals surface area contributed by atoms with Crippen molar-refractivity contribution in [2.45, 2.75) is 26.7 Å². The molecule has 0 spiro atoms. The number of anilines is 2. The first kappa shape index (κ1) is 18.2. The molecular weight excluding hydrogens is 348 g/mol. The molecule has 5 nitrogen and oxygen atoms in total. The summed E-state index contributed by atoms with van der Waals surface area (Å²) < 4.78 is 0. The Kier molecular flexibility index (Phi) is 5.06. The van der Waals surface area contributed by atoms with Crippen molar-refractivity contribution in [2.75, 3.05) is 23.3 Å². The molecule has 4 rings (SSSR count). The molecule has 1 amide bonds. The first-order chi connectivity index (χ1) is 13.6. The molecule has 1 aliphatic heterocycles. The highest BCUT2D eigenvalue weighted by Crippen LogP contribution is 2.29. The van der Waals surface area contributed by atoms with Gasteiger partial charge in [0.2, 0.25) is 0 Å². The lowest BCUT2D eigenvalue weighted by Gasteiger charge is -2.19. The van der Waals surface area contributed by atoms with E-state index < -0.39 is 0 Å². The molecule has 1 aliphatic rings. The van der Waals surface area contributed by atoms with E-state index in [2.05, 4.69) is 20.2 Å². The Labute approximate surface area is 165 Å². The van der Waals surface area contributed by atoms with Crippen LogP contribution >= 0.6 is 0 Å². The fourth-order valence-corrected chi connectivity index (χ4v) is 3.57. The number of benzene rings is 2. The van der Waals surface area contributed by atoms with E-state index in [0.29, 0.717) is 5.56 Å². The molecule has 0 aliphatic carbocycles. The van der Waals surface area contributed by atoms with Crippen molar-refractivity contribution < 1.29 is 4.79 Å². The average Bonchev–Trinajstić information content (AvgIpc) is 3.25.